The second-order valence-corrected chi connectivity index (χ2v) is 7.65. The molecule has 8 heteroatoms. The van der Waals surface area contributed by atoms with Crippen molar-refractivity contribution < 1.29 is 14.6 Å². The molecule has 0 bridgehead atoms. The predicted octanol–water partition coefficient (Wildman–Crippen LogP) is 2.78. The maximum Gasteiger partial charge on any atom is 0.335 e. The molecular weight excluding hydrogens is 382 g/mol. The van der Waals surface area contributed by atoms with Gasteiger partial charge in [0, 0.05) is 6.54 Å². The zero-order chi connectivity index (χ0) is 21.1. The molecule has 0 unspecified atom stereocenters. The number of nitrogens with zero attached hydrogens (tertiary/aromatic N) is 3. The zero-order valence-electron chi connectivity index (χ0n) is 16.6. The smallest absolute Gasteiger partial charge is 0.335 e. The molecule has 2 aromatic carbocycles. The van der Waals surface area contributed by atoms with E-state index in [1.54, 1.807) is 18.2 Å². The van der Waals surface area contributed by atoms with Gasteiger partial charge in [-0.2, -0.15) is 4.98 Å². The highest BCUT2D eigenvalue weighted by Gasteiger charge is 2.21. The third kappa shape index (κ3) is 4.44. The van der Waals surface area contributed by atoms with Crippen molar-refractivity contribution in [2.75, 3.05) is 31.2 Å². The highest BCUT2D eigenvalue weighted by molar-refractivity contribution is 5.94. The highest BCUT2D eigenvalue weighted by Crippen LogP contribution is 2.30. The van der Waals surface area contributed by atoms with E-state index in [2.05, 4.69) is 14.9 Å². The normalized spacial score (nSPS) is 15.3. The Morgan fingerprint density at radius 2 is 1.90 bits per heavy atom. The molecular formula is C22H25N5O3. The average molecular weight is 407 g/mol. The van der Waals surface area contributed by atoms with Crippen LogP contribution in [0.4, 0.5) is 11.8 Å². The van der Waals surface area contributed by atoms with E-state index in [9.17, 15) is 4.79 Å². The lowest BCUT2D eigenvalue weighted by Crippen LogP contribution is -2.35. The number of nitrogens with two attached hydrogens (primary N) is 2. The molecule has 3 aromatic rings. The van der Waals surface area contributed by atoms with Crippen molar-refractivity contribution in [1.29, 1.82) is 0 Å². The molecule has 0 spiro atoms. The number of benzene rings is 2. The summed E-state index contributed by atoms with van der Waals surface area (Å²) in [7, 11) is 0. The third-order valence-corrected chi connectivity index (χ3v) is 5.49. The largest absolute Gasteiger partial charge is 0.492 e. The van der Waals surface area contributed by atoms with Crippen molar-refractivity contribution in [3.05, 3.63) is 53.6 Å². The lowest BCUT2D eigenvalue weighted by molar-refractivity contribution is 0.0696. The number of ether oxygens (including phenoxy) is 1. The number of aromatic carboxylic acids is 1. The van der Waals surface area contributed by atoms with E-state index >= 15 is 0 Å². The Kier molecular flexibility index (Phi) is 5.67. The number of likely N-dealkylation sites (tertiary alicyclic amines) is 1. The van der Waals surface area contributed by atoms with Gasteiger partial charge in [0.25, 0.3) is 0 Å². The molecule has 8 nitrogen and oxygen atoms in total. The minimum Gasteiger partial charge on any atom is -0.492 e. The Morgan fingerprint density at radius 3 is 2.67 bits per heavy atom. The summed E-state index contributed by atoms with van der Waals surface area (Å²) in [6, 6.07) is 12.7. The molecule has 30 heavy (non-hydrogen) atoms. The minimum absolute atomic E-state index is 0.151. The van der Waals surface area contributed by atoms with Crippen LogP contribution in [-0.2, 0) is 6.54 Å². The summed E-state index contributed by atoms with van der Waals surface area (Å²) in [5.41, 5.74) is 13.7. The second-order valence-electron chi connectivity index (χ2n) is 7.65. The zero-order valence-corrected chi connectivity index (χ0v) is 16.6. The minimum atomic E-state index is -0.894. The highest BCUT2D eigenvalue weighted by atomic mass is 16.5. The number of carbonyl (C=O) groups is 1. The van der Waals surface area contributed by atoms with Crippen LogP contribution in [0, 0.1) is 5.92 Å². The molecule has 0 amide bonds. The van der Waals surface area contributed by atoms with Gasteiger partial charge in [0.2, 0.25) is 5.95 Å². The topological polar surface area (TPSA) is 128 Å². The van der Waals surface area contributed by atoms with Crippen LogP contribution >= 0.6 is 0 Å². The van der Waals surface area contributed by atoms with Crippen LogP contribution in [0.2, 0.25) is 0 Å². The Labute approximate surface area is 174 Å². The van der Waals surface area contributed by atoms with Gasteiger partial charge in [-0.15, -0.1) is 0 Å². The molecule has 4 rings (SSSR count). The molecule has 0 radical (unpaired) electrons. The first-order valence-corrected chi connectivity index (χ1v) is 9.98. The first-order chi connectivity index (χ1) is 14.5. The molecule has 5 N–H and O–H groups in total. The molecule has 2 heterocycles. The fraction of sp³-hybridized carbons (Fsp3) is 0.318. The summed E-state index contributed by atoms with van der Waals surface area (Å²) in [5, 5.41) is 9.85. The Morgan fingerprint density at radius 1 is 1.13 bits per heavy atom. The van der Waals surface area contributed by atoms with Gasteiger partial charge in [0.05, 0.1) is 23.1 Å². The number of piperidine rings is 1. The molecule has 0 saturated carbocycles. The molecule has 1 fully saturated rings. The Hall–Kier alpha value is -3.39. The Balaban J connectivity index is 1.33. The standard InChI is InChI=1S/C22H25N5O3/c23-20-19-17(25-22(24)26-20)5-2-6-18(19)30-13-14-7-9-27(10-8-14)12-15-3-1-4-16(11-15)21(28)29/h1-6,11,14H,7-10,12-13H2,(H,28,29)(H4,23,24,25,26). The summed E-state index contributed by atoms with van der Waals surface area (Å²) in [4.78, 5) is 21.8. The fourth-order valence-electron chi connectivity index (χ4n) is 3.90. The summed E-state index contributed by atoms with van der Waals surface area (Å²) >= 11 is 0. The molecule has 1 saturated heterocycles. The monoisotopic (exact) mass is 407 g/mol. The van der Waals surface area contributed by atoms with Crippen LogP contribution in [0.5, 0.6) is 5.75 Å². The van der Waals surface area contributed by atoms with Crippen LogP contribution in [0.1, 0.15) is 28.8 Å². The van der Waals surface area contributed by atoms with Crippen molar-refractivity contribution in [1.82, 2.24) is 14.9 Å². The van der Waals surface area contributed by atoms with Crippen LogP contribution in [0.25, 0.3) is 10.9 Å². The maximum absolute atomic E-state index is 11.1. The van der Waals surface area contributed by atoms with Crippen molar-refractivity contribution in [2.45, 2.75) is 19.4 Å². The number of carboxylic acid groups (broad SMARTS) is 1. The summed E-state index contributed by atoms with van der Waals surface area (Å²) in [6.45, 7) is 3.25. The van der Waals surface area contributed by atoms with Crippen LogP contribution in [0.15, 0.2) is 42.5 Å². The van der Waals surface area contributed by atoms with Gasteiger partial charge >= 0.3 is 5.97 Å². The van der Waals surface area contributed by atoms with Gasteiger partial charge in [0.1, 0.15) is 11.6 Å². The first kappa shape index (κ1) is 19.9. The van der Waals surface area contributed by atoms with Gasteiger partial charge < -0.3 is 21.3 Å². The van der Waals surface area contributed by atoms with Gasteiger partial charge in [-0.3, -0.25) is 4.90 Å². The van der Waals surface area contributed by atoms with Crippen LogP contribution in [0.3, 0.4) is 0 Å². The fourth-order valence-corrected chi connectivity index (χ4v) is 3.90. The van der Waals surface area contributed by atoms with E-state index in [-0.39, 0.29) is 5.95 Å². The van der Waals surface area contributed by atoms with E-state index in [4.69, 9.17) is 21.3 Å². The van der Waals surface area contributed by atoms with Crippen LogP contribution < -0.4 is 16.2 Å². The van der Waals surface area contributed by atoms with Crippen molar-refractivity contribution in [3.8, 4) is 5.75 Å². The van der Waals surface area contributed by atoms with E-state index in [0.717, 1.165) is 38.0 Å². The van der Waals surface area contributed by atoms with Gasteiger partial charge in [-0.05, 0) is 61.7 Å². The van der Waals surface area contributed by atoms with E-state index in [0.29, 0.717) is 40.6 Å². The van der Waals surface area contributed by atoms with Crippen molar-refractivity contribution >= 4 is 28.6 Å². The van der Waals surface area contributed by atoms with Crippen LogP contribution in [-0.4, -0.2) is 45.6 Å². The van der Waals surface area contributed by atoms with Gasteiger partial charge in [-0.1, -0.05) is 18.2 Å². The van der Waals surface area contributed by atoms with Crippen molar-refractivity contribution in [3.63, 3.8) is 0 Å². The molecule has 0 atom stereocenters. The molecule has 0 aliphatic carbocycles. The lowest BCUT2D eigenvalue weighted by Gasteiger charge is -2.32. The lowest BCUT2D eigenvalue weighted by atomic mass is 9.97. The number of hydrogen-bond donors (Lipinski definition) is 3. The summed E-state index contributed by atoms with van der Waals surface area (Å²) < 4.78 is 6.09. The quantitative estimate of drug-likeness (QED) is 0.569. The number of carboxylic acids is 1. The van der Waals surface area contributed by atoms with E-state index < -0.39 is 5.97 Å². The second kappa shape index (κ2) is 8.54. The summed E-state index contributed by atoms with van der Waals surface area (Å²) in [5.74, 6) is 0.704. The molecule has 1 aliphatic heterocycles. The first-order valence-electron chi connectivity index (χ1n) is 9.98. The molecule has 156 valence electrons. The SMILES string of the molecule is Nc1nc(N)c2c(OCC3CCN(Cc4cccc(C(=O)O)c4)CC3)cccc2n1. The molecule has 1 aliphatic rings. The third-order valence-electron chi connectivity index (χ3n) is 5.49. The Bertz CT molecular complexity index is 1060. The van der Waals surface area contributed by atoms with E-state index in [1.807, 2.05) is 24.3 Å². The number of nitrogen functional groups attached to an aromatic ring is 2. The maximum atomic E-state index is 11.1. The number of aromatic nitrogens is 2. The summed E-state index contributed by atoms with van der Waals surface area (Å²) in [6.07, 6.45) is 2.03. The number of hydrogen-bond acceptors (Lipinski definition) is 7. The van der Waals surface area contributed by atoms with Gasteiger partial charge in [0.15, 0.2) is 0 Å². The number of anilines is 2. The molecule has 1 aromatic heterocycles. The predicted molar refractivity (Wildman–Crippen MR) is 115 cm³/mol. The number of rotatable bonds is 6. The van der Waals surface area contributed by atoms with E-state index in [1.165, 1.54) is 0 Å². The van der Waals surface area contributed by atoms with Gasteiger partial charge in [-0.25, -0.2) is 9.78 Å². The van der Waals surface area contributed by atoms with Crippen molar-refractivity contribution in [2.24, 2.45) is 5.92 Å². The number of fused-ring (bicyclic) bond motifs is 1. The average Bonchev–Trinajstić information content (AvgIpc) is 2.73.